The topological polar surface area (TPSA) is 29.1 Å². The van der Waals surface area contributed by atoms with Crippen molar-refractivity contribution in [2.75, 3.05) is 0 Å². The largest absolute Gasteiger partial charge is 0.321 e. The van der Waals surface area contributed by atoms with Crippen LogP contribution in [0.2, 0.25) is 0 Å². The van der Waals surface area contributed by atoms with Crippen molar-refractivity contribution in [3.8, 4) is 0 Å². The Balaban J connectivity index is 2.69. The second-order valence-electron chi connectivity index (χ2n) is 3.88. The lowest BCUT2D eigenvalue weighted by Gasteiger charge is -2.02. The monoisotopic (exact) mass is 187 g/mol. The number of fused-ring (bicyclic) bond motifs is 1. The van der Waals surface area contributed by atoms with Gasteiger partial charge in [-0.3, -0.25) is 4.79 Å². The molecular weight excluding hydrogens is 174 g/mol. The molecule has 1 heterocycles. The van der Waals surface area contributed by atoms with E-state index in [2.05, 4.69) is 11.4 Å². The van der Waals surface area contributed by atoms with Crippen molar-refractivity contribution in [1.82, 2.24) is 5.32 Å². The van der Waals surface area contributed by atoms with Crippen LogP contribution in [0.1, 0.15) is 35.3 Å². The molecule has 1 aliphatic rings. The molecule has 0 aliphatic carbocycles. The van der Waals surface area contributed by atoms with Crippen molar-refractivity contribution in [2.45, 2.75) is 20.8 Å². The van der Waals surface area contributed by atoms with Crippen LogP contribution in [0.4, 0.5) is 0 Å². The summed E-state index contributed by atoms with van der Waals surface area (Å²) < 4.78 is 0. The summed E-state index contributed by atoms with van der Waals surface area (Å²) in [7, 11) is 0. The van der Waals surface area contributed by atoms with Crippen molar-refractivity contribution < 1.29 is 4.79 Å². The molecule has 0 spiro atoms. The van der Waals surface area contributed by atoms with E-state index in [4.69, 9.17) is 0 Å². The van der Waals surface area contributed by atoms with Gasteiger partial charge in [-0.2, -0.15) is 0 Å². The molecular formula is C12H13NO. The fourth-order valence-corrected chi connectivity index (χ4v) is 1.71. The Morgan fingerprint density at radius 2 is 1.93 bits per heavy atom. The van der Waals surface area contributed by atoms with Gasteiger partial charge in [0.15, 0.2) is 0 Å². The van der Waals surface area contributed by atoms with E-state index in [9.17, 15) is 4.79 Å². The zero-order valence-electron chi connectivity index (χ0n) is 8.64. The maximum Gasteiger partial charge on any atom is 0.256 e. The van der Waals surface area contributed by atoms with Crippen LogP contribution in [-0.2, 0) is 0 Å². The first-order chi connectivity index (χ1) is 6.59. The van der Waals surface area contributed by atoms with Gasteiger partial charge in [0.1, 0.15) is 0 Å². The highest BCUT2D eigenvalue weighted by atomic mass is 16.1. The Morgan fingerprint density at radius 1 is 1.21 bits per heavy atom. The van der Waals surface area contributed by atoms with Gasteiger partial charge in [0, 0.05) is 16.8 Å². The van der Waals surface area contributed by atoms with E-state index in [-0.39, 0.29) is 5.91 Å². The summed E-state index contributed by atoms with van der Waals surface area (Å²) in [5.41, 5.74) is 5.11. The average molecular weight is 187 g/mol. The number of nitrogens with one attached hydrogen (secondary N) is 1. The number of carbonyl (C=O) groups is 1. The Morgan fingerprint density at radius 3 is 2.57 bits per heavy atom. The van der Waals surface area contributed by atoms with E-state index in [0.29, 0.717) is 0 Å². The van der Waals surface area contributed by atoms with Crippen LogP contribution >= 0.6 is 0 Å². The third kappa shape index (κ3) is 1.23. The number of allylic oxidation sites excluding steroid dienone is 1. The molecule has 0 atom stereocenters. The van der Waals surface area contributed by atoms with Crippen molar-refractivity contribution in [1.29, 1.82) is 0 Å². The number of hydrogen-bond donors (Lipinski definition) is 1. The Hall–Kier alpha value is -1.57. The van der Waals surface area contributed by atoms with Crippen LogP contribution < -0.4 is 5.32 Å². The van der Waals surface area contributed by atoms with Gasteiger partial charge in [-0.25, -0.2) is 0 Å². The summed E-state index contributed by atoms with van der Waals surface area (Å²) in [5, 5.41) is 2.89. The van der Waals surface area contributed by atoms with Gasteiger partial charge >= 0.3 is 0 Å². The van der Waals surface area contributed by atoms with Crippen LogP contribution in [0, 0.1) is 6.92 Å². The number of hydrogen-bond acceptors (Lipinski definition) is 1. The Kier molecular flexibility index (Phi) is 1.92. The highest BCUT2D eigenvalue weighted by Crippen LogP contribution is 2.27. The van der Waals surface area contributed by atoms with Crippen LogP contribution in [0.5, 0.6) is 0 Å². The van der Waals surface area contributed by atoms with Crippen molar-refractivity contribution in [3.63, 3.8) is 0 Å². The number of carbonyl (C=O) groups excluding carboxylic acids is 1. The second kappa shape index (κ2) is 2.98. The Labute approximate surface area is 83.6 Å². The van der Waals surface area contributed by atoms with Gasteiger partial charge in [-0.05, 0) is 32.9 Å². The molecule has 1 aromatic carbocycles. The lowest BCUT2D eigenvalue weighted by molar-refractivity contribution is 0.0981. The summed E-state index contributed by atoms with van der Waals surface area (Å²) in [6.07, 6.45) is 0. The number of amides is 1. The zero-order chi connectivity index (χ0) is 10.3. The molecule has 2 heteroatoms. The van der Waals surface area contributed by atoms with E-state index >= 15 is 0 Å². The van der Waals surface area contributed by atoms with Crippen LogP contribution in [0.15, 0.2) is 23.8 Å². The SMILES string of the molecule is CC(C)=C1NC(=O)c2ccc(C)cc21. The molecule has 0 unspecified atom stereocenters. The molecule has 72 valence electrons. The van der Waals surface area contributed by atoms with Crippen molar-refractivity contribution in [3.05, 3.63) is 40.5 Å². The second-order valence-corrected chi connectivity index (χ2v) is 3.88. The van der Waals surface area contributed by atoms with E-state index in [1.165, 1.54) is 5.56 Å². The minimum Gasteiger partial charge on any atom is -0.321 e. The summed E-state index contributed by atoms with van der Waals surface area (Å²) >= 11 is 0. The van der Waals surface area contributed by atoms with Gasteiger partial charge < -0.3 is 5.32 Å². The normalized spacial score (nSPS) is 13.9. The lowest BCUT2D eigenvalue weighted by Crippen LogP contribution is -2.12. The summed E-state index contributed by atoms with van der Waals surface area (Å²) in [6, 6.07) is 5.90. The predicted octanol–water partition coefficient (Wildman–Crippen LogP) is 2.49. The smallest absolute Gasteiger partial charge is 0.256 e. The first-order valence-electron chi connectivity index (χ1n) is 4.69. The fourth-order valence-electron chi connectivity index (χ4n) is 1.71. The summed E-state index contributed by atoms with van der Waals surface area (Å²) in [4.78, 5) is 11.5. The molecule has 0 fully saturated rings. The predicted molar refractivity (Wildman–Crippen MR) is 56.9 cm³/mol. The molecule has 0 saturated carbocycles. The fraction of sp³-hybridized carbons (Fsp3) is 0.250. The molecule has 0 radical (unpaired) electrons. The standard InChI is InChI=1S/C12H13NO/c1-7(2)11-10-6-8(3)4-5-9(10)12(14)13-11/h4-6H,1-3H3,(H,13,14). The van der Waals surface area contributed by atoms with E-state index in [1.807, 2.05) is 32.9 Å². The third-order valence-electron chi connectivity index (χ3n) is 2.43. The maximum atomic E-state index is 11.5. The van der Waals surface area contributed by atoms with Crippen LogP contribution in [0.25, 0.3) is 5.70 Å². The molecule has 1 aromatic rings. The van der Waals surface area contributed by atoms with E-state index < -0.39 is 0 Å². The molecule has 1 aliphatic heterocycles. The molecule has 0 bridgehead atoms. The molecule has 0 aromatic heterocycles. The number of aryl methyl sites for hydroxylation is 1. The van der Waals surface area contributed by atoms with Gasteiger partial charge in [0.25, 0.3) is 5.91 Å². The molecule has 1 amide bonds. The molecule has 0 saturated heterocycles. The van der Waals surface area contributed by atoms with Gasteiger partial charge in [0.2, 0.25) is 0 Å². The molecule has 2 nitrogen and oxygen atoms in total. The number of rotatable bonds is 0. The van der Waals surface area contributed by atoms with Gasteiger partial charge in [0.05, 0.1) is 0 Å². The molecule has 14 heavy (non-hydrogen) atoms. The quantitative estimate of drug-likeness (QED) is 0.664. The molecule has 1 N–H and O–H groups in total. The minimum atomic E-state index is 0.0104. The Bertz CT molecular complexity index is 440. The van der Waals surface area contributed by atoms with Crippen molar-refractivity contribution >= 4 is 11.6 Å². The first-order valence-corrected chi connectivity index (χ1v) is 4.69. The summed E-state index contributed by atoms with van der Waals surface area (Å²) in [5.74, 6) is 0.0104. The summed E-state index contributed by atoms with van der Waals surface area (Å²) in [6.45, 7) is 6.05. The van der Waals surface area contributed by atoms with Crippen LogP contribution in [0.3, 0.4) is 0 Å². The highest BCUT2D eigenvalue weighted by molar-refractivity contribution is 6.09. The minimum absolute atomic E-state index is 0.0104. The molecule has 2 rings (SSSR count). The highest BCUT2D eigenvalue weighted by Gasteiger charge is 2.23. The first kappa shape index (κ1) is 9.00. The van der Waals surface area contributed by atoms with Gasteiger partial charge in [-0.15, -0.1) is 0 Å². The number of benzene rings is 1. The van der Waals surface area contributed by atoms with Crippen molar-refractivity contribution in [2.24, 2.45) is 0 Å². The van der Waals surface area contributed by atoms with Crippen LogP contribution in [-0.4, -0.2) is 5.91 Å². The van der Waals surface area contributed by atoms with Gasteiger partial charge in [-0.1, -0.05) is 17.2 Å². The lowest BCUT2D eigenvalue weighted by atomic mass is 10.0. The third-order valence-corrected chi connectivity index (χ3v) is 2.43. The average Bonchev–Trinajstić information content (AvgIpc) is 2.43. The maximum absolute atomic E-state index is 11.5. The van der Waals surface area contributed by atoms with E-state index in [1.54, 1.807) is 0 Å². The van der Waals surface area contributed by atoms with E-state index in [0.717, 1.165) is 22.4 Å². The zero-order valence-corrected chi connectivity index (χ0v) is 8.64.